The van der Waals surface area contributed by atoms with E-state index in [1.54, 1.807) is 0 Å². The summed E-state index contributed by atoms with van der Waals surface area (Å²) in [7, 11) is 4.08. The summed E-state index contributed by atoms with van der Waals surface area (Å²) in [5, 5.41) is 4.53. The average molecular weight is 601 g/mol. The van der Waals surface area contributed by atoms with Gasteiger partial charge in [0.2, 0.25) is 5.91 Å². The molecule has 1 aromatic carbocycles. The number of hydrogen-bond acceptors (Lipinski definition) is 5. The van der Waals surface area contributed by atoms with Gasteiger partial charge in [0.05, 0.1) is 18.8 Å². The smallest absolute Gasteiger partial charge is 0.254 e. The predicted octanol–water partition coefficient (Wildman–Crippen LogP) is 5.72. The predicted molar refractivity (Wildman–Crippen MR) is 178 cm³/mol. The van der Waals surface area contributed by atoms with E-state index in [9.17, 15) is 9.59 Å². The van der Waals surface area contributed by atoms with Gasteiger partial charge in [-0.15, -0.1) is 0 Å². The van der Waals surface area contributed by atoms with Gasteiger partial charge < -0.3 is 14.7 Å². The van der Waals surface area contributed by atoms with Gasteiger partial charge in [0.25, 0.3) is 5.91 Å². The largest absolute Gasteiger partial charge is 0.340 e. The minimum Gasteiger partial charge on any atom is -0.340 e. The molecule has 2 aliphatic heterocycles. The van der Waals surface area contributed by atoms with Crippen LogP contribution in [0.25, 0.3) is 0 Å². The molecule has 1 fully saturated rings. The maximum atomic E-state index is 14.2. The molecular weight excluding hydrogens is 548 g/mol. The molecule has 3 heterocycles. The summed E-state index contributed by atoms with van der Waals surface area (Å²) in [6, 6.07) is 6.02. The number of aromatic nitrogens is 2. The number of aryl methyl sites for hydroxylation is 3. The van der Waals surface area contributed by atoms with Crippen LogP contribution in [0.1, 0.15) is 86.3 Å². The van der Waals surface area contributed by atoms with Crippen LogP contribution in [0.3, 0.4) is 0 Å². The van der Waals surface area contributed by atoms with Gasteiger partial charge in [-0.05, 0) is 80.7 Å². The van der Waals surface area contributed by atoms with Crippen molar-refractivity contribution in [2.75, 3.05) is 44.7 Å². The molecule has 0 radical (unpaired) electrons. The number of rotatable bonds is 6. The van der Waals surface area contributed by atoms with Crippen LogP contribution in [0.15, 0.2) is 48.3 Å². The lowest BCUT2D eigenvalue weighted by atomic mass is 9.92. The summed E-state index contributed by atoms with van der Waals surface area (Å²) in [6.45, 7) is 14.1. The van der Waals surface area contributed by atoms with E-state index in [2.05, 4.69) is 73.9 Å². The summed E-state index contributed by atoms with van der Waals surface area (Å²) >= 11 is 0. The zero-order chi connectivity index (χ0) is 31.4. The minimum absolute atomic E-state index is 0.0193. The summed E-state index contributed by atoms with van der Waals surface area (Å²) in [4.78, 5) is 36.1. The van der Waals surface area contributed by atoms with E-state index in [0.29, 0.717) is 30.4 Å². The maximum Gasteiger partial charge on any atom is 0.254 e. The molecule has 1 atom stereocenters. The highest BCUT2D eigenvalue weighted by molar-refractivity contribution is 5.95. The Balaban J connectivity index is 1.25. The van der Waals surface area contributed by atoms with Crippen molar-refractivity contribution in [1.82, 2.24) is 24.5 Å². The Kier molecular flexibility index (Phi) is 9.98. The maximum absolute atomic E-state index is 14.2. The highest BCUT2D eigenvalue weighted by atomic mass is 16.2. The van der Waals surface area contributed by atoms with Crippen LogP contribution < -0.4 is 4.90 Å². The number of fused-ring (bicyclic) bond motifs is 2. The number of allylic oxidation sites excluding steroid dienone is 3. The normalized spacial score (nSPS) is 21.7. The number of carbonyl (C=O) groups is 2. The van der Waals surface area contributed by atoms with Crippen LogP contribution >= 0.6 is 0 Å². The zero-order valence-corrected chi connectivity index (χ0v) is 27.8. The molecule has 2 amide bonds. The molecule has 2 aromatic rings. The molecule has 1 aliphatic carbocycles. The van der Waals surface area contributed by atoms with Gasteiger partial charge in [-0.2, -0.15) is 5.10 Å². The second kappa shape index (κ2) is 13.7. The Hall–Kier alpha value is -3.39. The van der Waals surface area contributed by atoms with Gasteiger partial charge in [0.15, 0.2) is 0 Å². The summed E-state index contributed by atoms with van der Waals surface area (Å²) in [6.07, 6.45) is 14.9. The monoisotopic (exact) mass is 600 g/mol. The second-order valence-corrected chi connectivity index (χ2v) is 14.1. The van der Waals surface area contributed by atoms with Crippen molar-refractivity contribution in [3.05, 3.63) is 70.6 Å². The van der Waals surface area contributed by atoms with Gasteiger partial charge in [0.1, 0.15) is 5.82 Å². The number of nitrogens with zero attached hydrogens (tertiary/aromatic N) is 6. The average Bonchev–Trinajstić information content (AvgIpc) is 3.37. The van der Waals surface area contributed by atoms with E-state index < -0.39 is 0 Å². The topological polar surface area (TPSA) is 64.9 Å². The highest BCUT2D eigenvalue weighted by Gasteiger charge is 2.35. The molecule has 1 unspecified atom stereocenters. The molecule has 238 valence electrons. The minimum atomic E-state index is -0.0193. The molecule has 8 heteroatoms. The third kappa shape index (κ3) is 7.45. The molecule has 0 N–H and O–H groups in total. The zero-order valence-electron chi connectivity index (χ0n) is 27.8. The third-order valence-electron chi connectivity index (χ3n) is 9.57. The molecule has 0 bridgehead atoms. The first kappa shape index (κ1) is 32.0. The third-order valence-corrected chi connectivity index (χ3v) is 9.57. The second-order valence-electron chi connectivity index (χ2n) is 14.1. The molecular formula is C36H52N6O2. The SMILES string of the molecule is Cc1cc(C(=O)N2Cc3cnn(C)c3N(C)/C3=C/CC/C=C\CCC32)ccc1CCC(=O)N1CCN(CCC(C)(C)C)CC1. The van der Waals surface area contributed by atoms with E-state index >= 15 is 0 Å². The Labute approximate surface area is 264 Å². The van der Waals surface area contributed by atoms with Crippen molar-refractivity contribution in [2.45, 2.75) is 85.2 Å². The van der Waals surface area contributed by atoms with E-state index in [4.69, 9.17) is 0 Å². The van der Waals surface area contributed by atoms with E-state index in [1.165, 1.54) is 12.1 Å². The van der Waals surface area contributed by atoms with Crippen molar-refractivity contribution in [3.63, 3.8) is 0 Å². The van der Waals surface area contributed by atoms with Crippen LogP contribution in [0.2, 0.25) is 0 Å². The van der Waals surface area contributed by atoms with Gasteiger partial charge >= 0.3 is 0 Å². The molecule has 3 aliphatic rings. The Bertz CT molecular complexity index is 1390. The van der Waals surface area contributed by atoms with Crippen molar-refractivity contribution < 1.29 is 9.59 Å². The molecule has 1 aromatic heterocycles. The Morgan fingerprint density at radius 1 is 1.00 bits per heavy atom. The van der Waals surface area contributed by atoms with Crippen LogP contribution in [-0.2, 0) is 24.8 Å². The molecule has 0 saturated carbocycles. The molecule has 0 spiro atoms. The van der Waals surface area contributed by atoms with Crippen LogP contribution in [-0.4, -0.2) is 82.1 Å². The standard InChI is InChI=1S/C36H52N6O2/c1-27-24-29(15-14-28(27)16-17-33(43)41-22-20-40(21-23-41)19-18-36(2,3)4)35(44)42-26-30-25-37-39(6)34(30)38(5)31-12-10-8-7-9-11-13-32(31)42/h7,9,12,14-15,24-25,32H,8,10-11,13,16-23,26H2,1-6H3/b9-7-,31-12+. The number of benzene rings is 1. The first-order valence-corrected chi connectivity index (χ1v) is 16.5. The summed E-state index contributed by atoms with van der Waals surface area (Å²) < 4.78 is 1.92. The summed E-state index contributed by atoms with van der Waals surface area (Å²) in [5.41, 5.74) is 5.48. The number of amides is 2. The van der Waals surface area contributed by atoms with Gasteiger partial charge in [-0.25, -0.2) is 0 Å². The van der Waals surface area contributed by atoms with E-state index in [0.717, 1.165) is 80.9 Å². The van der Waals surface area contributed by atoms with Crippen LogP contribution in [0, 0.1) is 12.3 Å². The fraction of sp³-hybridized carbons (Fsp3) is 0.583. The molecule has 8 nitrogen and oxygen atoms in total. The number of hydrogen-bond donors (Lipinski definition) is 0. The fourth-order valence-electron chi connectivity index (χ4n) is 6.82. The molecule has 44 heavy (non-hydrogen) atoms. The quantitative estimate of drug-likeness (QED) is 0.397. The fourth-order valence-corrected chi connectivity index (χ4v) is 6.82. The van der Waals surface area contributed by atoms with Crippen LogP contribution in [0.5, 0.6) is 0 Å². The van der Waals surface area contributed by atoms with Crippen molar-refractivity contribution in [2.24, 2.45) is 12.5 Å². The van der Waals surface area contributed by atoms with Crippen LogP contribution in [0.4, 0.5) is 5.82 Å². The first-order chi connectivity index (χ1) is 21.0. The van der Waals surface area contributed by atoms with Crippen molar-refractivity contribution in [3.8, 4) is 0 Å². The van der Waals surface area contributed by atoms with E-state index in [-0.39, 0.29) is 17.9 Å². The lowest BCUT2D eigenvalue weighted by Gasteiger charge is -2.36. The van der Waals surface area contributed by atoms with Crippen molar-refractivity contribution >= 4 is 17.6 Å². The lowest BCUT2D eigenvalue weighted by Crippen LogP contribution is -2.49. The number of carbonyl (C=O) groups excluding carboxylic acids is 2. The Morgan fingerprint density at radius 2 is 1.75 bits per heavy atom. The van der Waals surface area contributed by atoms with E-state index in [1.807, 2.05) is 39.9 Å². The number of anilines is 1. The summed E-state index contributed by atoms with van der Waals surface area (Å²) in [5.74, 6) is 1.32. The Morgan fingerprint density at radius 3 is 2.48 bits per heavy atom. The lowest BCUT2D eigenvalue weighted by molar-refractivity contribution is -0.132. The molecule has 5 rings (SSSR count). The van der Waals surface area contributed by atoms with Gasteiger partial charge in [0, 0.05) is 63.5 Å². The molecule has 1 saturated heterocycles. The van der Waals surface area contributed by atoms with Gasteiger partial charge in [-0.1, -0.05) is 45.1 Å². The van der Waals surface area contributed by atoms with Crippen molar-refractivity contribution in [1.29, 1.82) is 0 Å². The first-order valence-electron chi connectivity index (χ1n) is 16.5. The number of piperazine rings is 1. The number of likely N-dealkylation sites (N-methyl/N-ethyl adjacent to an activating group) is 1. The highest BCUT2D eigenvalue weighted by Crippen LogP contribution is 2.35. The van der Waals surface area contributed by atoms with Gasteiger partial charge in [-0.3, -0.25) is 19.2 Å².